The number of nitrogens with one attached hydrogen (secondary N) is 2. The van der Waals surface area contributed by atoms with Gasteiger partial charge in [-0.25, -0.2) is 14.2 Å². The molecule has 1 aliphatic heterocycles. The molecule has 2 aromatic heterocycles. The molecule has 3 rings (SSSR count). The summed E-state index contributed by atoms with van der Waals surface area (Å²) in [5.41, 5.74) is 0.0833. The molecule has 1 saturated heterocycles. The normalized spacial score (nSPS) is 20.8. The molecule has 0 bridgehead atoms. The Labute approximate surface area is 126 Å². The van der Waals surface area contributed by atoms with E-state index in [9.17, 15) is 9.18 Å². The van der Waals surface area contributed by atoms with E-state index >= 15 is 0 Å². The molecule has 8 heteroatoms. The monoisotopic (exact) mass is 305 g/mol. The second-order valence-electron chi connectivity index (χ2n) is 5.04. The summed E-state index contributed by atoms with van der Waals surface area (Å²) in [6.07, 6.45) is 6.32. The van der Waals surface area contributed by atoms with E-state index in [4.69, 9.17) is 4.74 Å². The maximum absolute atomic E-state index is 13.5. The summed E-state index contributed by atoms with van der Waals surface area (Å²) < 4.78 is 21.0. The summed E-state index contributed by atoms with van der Waals surface area (Å²) >= 11 is 0. The zero-order valence-electron chi connectivity index (χ0n) is 12.0. The highest BCUT2D eigenvalue weighted by Gasteiger charge is 2.33. The van der Waals surface area contributed by atoms with E-state index in [0.29, 0.717) is 13.0 Å². The van der Waals surface area contributed by atoms with Gasteiger partial charge in [0, 0.05) is 32.2 Å². The van der Waals surface area contributed by atoms with Crippen molar-refractivity contribution in [2.45, 2.75) is 18.6 Å². The van der Waals surface area contributed by atoms with Crippen LogP contribution < -0.4 is 10.6 Å². The predicted molar refractivity (Wildman–Crippen MR) is 76.7 cm³/mol. The van der Waals surface area contributed by atoms with Gasteiger partial charge in [0.25, 0.3) is 0 Å². The fourth-order valence-electron chi connectivity index (χ4n) is 2.45. The summed E-state index contributed by atoms with van der Waals surface area (Å²) in [6.45, 7) is 0.534. The molecule has 2 aromatic rings. The number of ether oxygens (including phenoxy) is 1. The van der Waals surface area contributed by atoms with Crippen LogP contribution in [0.4, 0.5) is 14.9 Å². The average Bonchev–Trinajstić information content (AvgIpc) is 3.10. The van der Waals surface area contributed by atoms with Crippen molar-refractivity contribution in [3.63, 3.8) is 0 Å². The van der Waals surface area contributed by atoms with Crippen LogP contribution in [0.3, 0.4) is 0 Å². The summed E-state index contributed by atoms with van der Waals surface area (Å²) in [5.74, 6) is 0.166. The van der Waals surface area contributed by atoms with Crippen LogP contribution in [0.5, 0.6) is 0 Å². The number of urea groups is 1. The predicted octanol–water partition coefficient (Wildman–Crippen LogP) is 1.61. The van der Waals surface area contributed by atoms with Crippen molar-refractivity contribution in [2.75, 3.05) is 11.9 Å². The van der Waals surface area contributed by atoms with Gasteiger partial charge < -0.3 is 19.9 Å². The van der Waals surface area contributed by atoms with E-state index in [0.717, 1.165) is 12.0 Å². The molecule has 22 heavy (non-hydrogen) atoms. The molecular weight excluding hydrogens is 289 g/mol. The van der Waals surface area contributed by atoms with Gasteiger partial charge in [-0.05, 0) is 12.5 Å². The number of aryl methyl sites for hydroxylation is 1. The minimum absolute atomic E-state index is 0.0833. The molecule has 116 valence electrons. The summed E-state index contributed by atoms with van der Waals surface area (Å²) in [4.78, 5) is 19.9. The third kappa shape index (κ3) is 2.91. The van der Waals surface area contributed by atoms with Crippen LogP contribution in [0.2, 0.25) is 0 Å². The number of carbonyl (C=O) groups is 1. The van der Waals surface area contributed by atoms with E-state index in [1.54, 1.807) is 6.20 Å². The number of halogens is 1. The van der Waals surface area contributed by atoms with Crippen LogP contribution in [-0.4, -0.2) is 33.2 Å². The van der Waals surface area contributed by atoms with Crippen molar-refractivity contribution in [1.82, 2.24) is 19.9 Å². The molecule has 0 saturated carbocycles. The smallest absolute Gasteiger partial charge is 0.319 e. The first-order valence-electron chi connectivity index (χ1n) is 6.91. The fraction of sp³-hybridized carbons (Fsp3) is 0.357. The van der Waals surface area contributed by atoms with Gasteiger partial charge in [-0.3, -0.25) is 4.98 Å². The lowest BCUT2D eigenvalue weighted by Gasteiger charge is -2.20. The van der Waals surface area contributed by atoms with Gasteiger partial charge in [-0.2, -0.15) is 0 Å². The Balaban J connectivity index is 1.66. The summed E-state index contributed by atoms with van der Waals surface area (Å²) in [7, 11) is 1.87. The van der Waals surface area contributed by atoms with Gasteiger partial charge in [0.15, 0.2) is 5.82 Å². The summed E-state index contributed by atoms with van der Waals surface area (Å²) in [6, 6.07) is 0.696. The van der Waals surface area contributed by atoms with Crippen LogP contribution in [0.1, 0.15) is 18.3 Å². The average molecular weight is 305 g/mol. The second-order valence-corrected chi connectivity index (χ2v) is 5.04. The van der Waals surface area contributed by atoms with Gasteiger partial charge in [-0.15, -0.1) is 0 Å². The van der Waals surface area contributed by atoms with Gasteiger partial charge in [0.1, 0.15) is 11.9 Å². The van der Waals surface area contributed by atoms with Crippen molar-refractivity contribution in [3.8, 4) is 0 Å². The van der Waals surface area contributed by atoms with Crippen LogP contribution in [0, 0.1) is 5.82 Å². The van der Waals surface area contributed by atoms with Crippen LogP contribution in [0.15, 0.2) is 30.9 Å². The highest BCUT2D eigenvalue weighted by molar-refractivity contribution is 5.89. The number of anilines is 1. The number of rotatable bonds is 3. The minimum atomic E-state index is -0.582. The maximum atomic E-state index is 13.5. The van der Waals surface area contributed by atoms with E-state index < -0.39 is 11.8 Å². The fourth-order valence-corrected chi connectivity index (χ4v) is 2.45. The van der Waals surface area contributed by atoms with E-state index in [-0.39, 0.29) is 17.8 Å². The number of aromatic nitrogens is 3. The summed E-state index contributed by atoms with van der Waals surface area (Å²) in [5, 5.41) is 5.27. The quantitative estimate of drug-likeness (QED) is 0.902. The third-order valence-electron chi connectivity index (χ3n) is 3.54. The molecule has 1 fully saturated rings. The Hall–Kier alpha value is -2.48. The molecule has 2 atom stereocenters. The van der Waals surface area contributed by atoms with Gasteiger partial charge >= 0.3 is 6.03 Å². The number of hydrogen-bond donors (Lipinski definition) is 2. The molecule has 0 aliphatic carbocycles. The van der Waals surface area contributed by atoms with E-state index in [1.165, 1.54) is 12.3 Å². The molecular formula is C14H16FN5O2. The van der Waals surface area contributed by atoms with Crippen molar-refractivity contribution in [1.29, 1.82) is 0 Å². The third-order valence-corrected chi connectivity index (χ3v) is 3.54. The SMILES string of the molecule is Cn1ccnc1[C@H]1OCC[C@@H]1NC(=O)Nc1ccncc1F. The lowest BCUT2D eigenvalue weighted by Crippen LogP contribution is -2.40. The molecule has 0 spiro atoms. The molecule has 2 N–H and O–H groups in total. The number of amides is 2. The van der Waals surface area contributed by atoms with Crippen molar-refractivity contribution in [2.24, 2.45) is 7.05 Å². The van der Waals surface area contributed by atoms with Gasteiger partial charge in [0.05, 0.1) is 17.9 Å². The zero-order valence-corrected chi connectivity index (χ0v) is 12.0. The standard InChI is InChI=1S/C14H16FN5O2/c1-20-6-5-17-13(20)12-11(3-7-22-12)19-14(21)18-10-2-4-16-8-9(10)15/h2,4-6,8,11-12H,3,7H2,1H3,(H2,16,18,19,21)/t11-,12-/m0/s1. The first kappa shape index (κ1) is 14.5. The topological polar surface area (TPSA) is 81.1 Å². The van der Waals surface area contributed by atoms with Gasteiger partial charge in [0.2, 0.25) is 0 Å². The number of hydrogen-bond acceptors (Lipinski definition) is 4. The van der Waals surface area contributed by atoms with Crippen LogP contribution >= 0.6 is 0 Å². The van der Waals surface area contributed by atoms with Crippen molar-refractivity contribution >= 4 is 11.7 Å². The Bertz CT molecular complexity index is 675. The Morgan fingerprint density at radius 2 is 2.36 bits per heavy atom. The Morgan fingerprint density at radius 1 is 1.50 bits per heavy atom. The number of nitrogens with zero attached hydrogens (tertiary/aromatic N) is 3. The number of pyridine rings is 1. The van der Waals surface area contributed by atoms with Gasteiger partial charge in [-0.1, -0.05) is 0 Å². The number of carbonyl (C=O) groups excluding carboxylic acids is 1. The molecule has 3 heterocycles. The van der Waals surface area contributed by atoms with Crippen molar-refractivity contribution < 1.29 is 13.9 Å². The molecule has 2 amide bonds. The second kappa shape index (κ2) is 6.10. The largest absolute Gasteiger partial charge is 0.368 e. The molecule has 0 unspecified atom stereocenters. The van der Waals surface area contributed by atoms with E-state index in [1.807, 2.05) is 17.8 Å². The van der Waals surface area contributed by atoms with Crippen LogP contribution in [0.25, 0.3) is 0 Å². The minimum Gasteiger partial charge on any atom is -0.368 e. The lowest BCUT2D eigenvalue weighted by atomic mass is 10.1. The maximum Gasteiger partial charge on any atom is 0.319 e. The van der Waals surface area contributed by atoms with Crippen LogP contribution in [-0.2, 0) is 11.8 Å². The van der Waals surface area contributed by atoms with Crippen molar-refractivity contribution in [3.05, 3.63) is 42.5 Å². The highest BCUT2D eigenvalue weighted by atomic mass is 19.1. The first-order chi connectivity index (χ1) is 10.6. The van der Waals surface area contributed by atoms with E-state index in [2.05, 4.69) is 20.6 Å². The highest BCUT2D eigenvalue weighted by Crippen LogP contribution is 2.27. The Kier molecular flexibility index (Phi) is 4.01. The number of imidazole rings is 1. The lowest BCUT2D eigenvalue weighted by molar-refractivity contribution is 0.0913. The molecule has 7 nitrogen and oxygen atoms in total. The molecule has 0 aromatic carbocycles. The zero-order chi connectivity index (χ0) is 15.5. The molecule has 1 aliphatic rings. The molecule has 0 radical (unpaired) electrons. The first-order valence-corrected chi connectivity index (χ1v) is 6.91. The Morgan fingerprint density at radius 3 is 3.09 bits per heavy atom.